The Balaban J connectivity index is 1.21. The van der Waals surface area contributed by atoms with E-state index in [9.17, 15) is 0 Å². The van der Waals surface area contributed by atoms with E-state index in [1.54, 1.807) is 11.1 Å². The van der Waals surface area contributed by atoms with Gasteiger partial charge in [0.25, 0.3) is 0 Å². The minimum absolute atomic E-state index is 0.0468. The van der Waals surface area contributed by atoms with Crippen molar-refractivity contribution in [1.29, 1.82) is 0 Å². The highest BCUT2D eigenvalue weighted by atomic mass is 15.4. The molecule has 3 fully saturated rings. The Bertz CT molecular complexity index is 1860. The van der Waals surface area contributed by atoms with Gasteiger partial charge in [0.15, 0.2) is 0 Å². The lowest BCUT2D eigenvalue weighted by Crippen LogP contribution is -2.61. The molecule has 10 rings (SSSR count). The summed E-state index contributed by atoms with van der Waals surface area (Å²) in [7, 11) is 7.02. The molecule has 6 aliphatic rings. The highest BCUT2D eigenvalue weighted by Gasteiger charge is 2.73. The topological polar surface area (TPSA) is 37.0 Å². The van der Waals surface area contributed by atoms with Gasteiger partial charge < -0.3 is 15.5 Å². The first kappa shape index (κ1) is 27.3. The SMILES string of the molecule is CN1CC[C@]2(c3cccc4c3N[C@H]3N(C)CC[C@@]43[C@]34CCN(C)[C@H]3N(Cc3ccccc3)c3ccccc34)c3ccccc3N[C@H]12. The average Bonchev–Trinajstić information content (AvgIpc) is 3.90. The molecule has 2 N–H and O–H groups in total. The fourth-order valence-electron chi connectivity index (χ4n) is 11.5. The second-order valence-corrected chi connectivity index (χ2v) is 15.0. The zero-order valence-electron chi connectivity index (χ0n) is 27.2. The summed E-state index contributed by atoms with van der Waals surface area (Å²) >= 11 is 0. The summed E-state index contributed by atoms with van der Waals surface area (Å²) in [5.41, 5.74) is 11.3. The van der Waals surface area contributed by atoms with Crippen LogP contribution in [0.2, 0.25) is 0 Å². The van der Waals surface area contributed by atoms with Crippen molar-refractivity contribution >= 4 is 17.1 Å². The number of likely N-dealkylation sites (N-methyl/N-ethyl adjacent to an activating group) is 3. The van der Waals surface area contributed by atoms with E-state index in [1.165, 1.54) is 33.8 Å². The van der Waals surface area contributed by atoms with Gasteiger partial charge in [-0.1, -0.05) is 84.9 Å². The Morgan fingerprint density at radius 2 is 1.24 bits per heavy atom. The number of nitrogens with one attached hydrogen (secondary N) is 2. The number of fused-ring (bicyclic) bond motifs is 10. The van der Waals surface area contributed by atoms with Crippen LogP contribution < -0.4 is 15.5 Å². The van der Waals surface area contributed by atoms with Gasteiger partial charge in [-0.25, -0.2) is 0 Å². The number of benzene rings is 4. The van der Waals surface area contributed by atoms with Gasteiger partial charge in [0.1, 0.15) is 0 Å². The first-order chi connectivity index (χ1) is 22.5. The largest absolute Gasteiger partial charge is 0.368 e. The second kappa shape index (κ2) is 9.37. The molecule has 6 nitrogen and oxygen atoms in total. The Kier molecular flexibility index (Phi) is 5.56. The van der Waals surface area contributed by atoms with Crippen molar-refractivity contribution in [2.75, 3.05) is 56.3 Å². The third kappa shape index (κ3) is 3.09. The molecule has 6 aliphatic heterocycles. The first-order valence-corrected chi connectivity index (χ1v) is 17.3. The molecule has 0 spiro atoms. The molecule has 46 heavy (non-hydrogen) atoms. The van der Waals surface area contributed by atoms with Crippen LogP contribution in [0.4, 0.5) is 17.1 Å². The monoisotopic (exact) mass is 608 g/mol. The third-order valence-electron chi connectivity index (χ3n) is 13.2. The lowest BCUT2D eigenvalue weighted by atomic mass is 9.54. The van der Waals surface area contributed by atoms with Gasteiger partial charge in [-0.3, -0.25) is 14.7 Å². The predicted molar refractivity (Wildman–Crippen MR) is 186 cm³/mol. The fourth-order valence-corrected chi connectivity index (χ4v) is 11.5. The van der Waals surface area contributed by atoms with E-state index in [4.69, 9.17) is 0 Å². The maximum Gasteiger partial charge on any atom is 0.0933 e. The van der Waals surface area contributed by atoms with Crippen LogP contribution in [0.5, 0.6) is 0 Å². The van der Waals surface area contributed by atoms with Gasteiger partial charge >= 0.3 is 0 Å². The van der Waals surface area contributed by atoms with Crippen molar-refractivity contribution in [3.05, 3.63) is 125 Å². The zero-order valence-corrected chi connectivity index (χ0v) is 27.2. The summed E-state index contributed by atoms with van der Waals surface area (Å²) in [5, 5.41) is 8.28. The zero-order chi connectivity index (χ0) is 30.8. The normalized spacial score (nSPS) is 34.1. The van der Waals surface area contributed by atoms with Crippen LogP contribution in [0.25, 0.3) is 0 Å². The van der Waals surface area contributed by atoms with E-state index in [0.717, 1.165) is 45.4 Å². The van der Waals surface area contributed by atoms with Gasteiger partial charge in [0.2, 0.25) is 0 Å². The number of rotatable bonds is 4. The van der Waals surface area contributed by atoms with Crippen LogP contribution in [-0.2, 0) is 22.8 Å². The number of para-hydroxylation sites is 3. The Morgan fingerprint density at radius 3 is 2.11 bits per heavy atom. The quantitative estimate of drug-likeness (QED) is 0.296. The highest BCUT2D eigenvalue weighted by molar-refractivity contribution is 5.79. The van der Waals surface area contributed by atoms with Crippen LogP contribution >= 0.6 is 0 Å². The Hall–Kier alpha value is -3.84. The van der Waals surface area contributed by atoms with Crippen molar-refractivity contribution in [3.63, 3.8) is 0 Å². The standard InChI is InChI=1S/C40H44N6/c1-43-23-20-38(28-14-7-9-18-32(28)41-35(38)43)30-16-11-17-31-34(30)42-36-39(31,21-24-44(36)2)40-22-25-45(3)37(40)46(26-27-12-5-4-6-13-27)33-19-10-8-15-29(33)40/h4-19,35-37,41-42H,20-26H2,1-3H3/t35-,36+,37+,38-,39-,40+/m1/s1. The molecule has 234 valence electrons. The van der Waals surface area contributed by atoms with E-state index >= 15 is 0 Å². The van der Waals surface area contributed by atoms with Gasteiger partial charge in [-0.2, -0.15) is 0 Å². The summed E-state index contributed by atoms with van der Waals surface area (Å²) in [6.45, 7) is 4.21. The van der Waals surface area contributed by atoms with Gasteiger partial charge in [0.05, 0.1) is 23.9 Å². The maximum atomic E-state index is 4.32. The lowest BCUT2D eigenvalue weighted by Gasteiger charge is -2.50. The second-order valence-electron chi connectivity index (χ2n) is 15.0. The number of likely N-dealkylation sites (tertiary alicyclic amines) is 3. The van der Waals surface area contributed by atoms with E-state index in [0.29, 0.717) is 0 Å². The molecule has 0 aromatic heterocycles. The molecule has 0 aliphatic carbocycles. The molecule has 3 saturated heterocycles. The summed E-state index contributed by atoms with van der Waals surface area (Å²) in [6.07, 6.45) is 4.21. The van der Waals surface area contributed by atoms with Crippen LogP contribution in [0.15, 0.2) is 97.1 Å². The molecule has 0 bridgehead atoms. The van der Waals surface area contributed by atoms with E-state index in [2.05, 4.69) is 148 Å². The summed E-state index contributed by atoms with van der Waals surface area (Å²) < 4.78 is 0. The maximum absolute atomic E-state index is 4.32. The molecule has 4 aromatic carbocycles. The molecule has 0 unspecified atom stereocenters. The minimum atomic E-state index is -0.0848. The van der Waals surface area contributed by atoms with Crippen LogP contribution in [-0.4, -0.2) is 74.0 Å². The van der Waals surface area contributed by atoms with E-state index < -0.39 is 0 Å². The summed E-state index contributed by atoms with van der Waals surface area (Å²) in [4.78, 5) is 10.6. The average molecular weight is 609 g/mol. The van der Waals surface area contributed by atoms with Crippen molar-refractivity contribution in [2.24, 2.45) is 0 Å². The Morgan fingerprint density at radius 1 is 0.587 bits per heavy atom. The molecule has 4 aromatic rings. The van der Waals surface area contributed by atoms with Crippen molar-refractivity contribution in [2.45, 2.75) is 60.5 Å². The Labute approximate surface area is 273 Å². The molecule has 0 saturated carbocycles. The lowest BCUT2D eigenvalue weighted by molar-refractivity contribution is 0.133. The number of nitrogens with zero attached hydrogens (tertiary/aromatic N) is 4. The third-order valence-corrected chi connectivity index (χ3v) is 13.2. The van der Waals surface area contributed by atoms with Crippen molar-refractivity contribution in [1.82, 2.24) is 14.7 Å². The first-order valence-electron chi connectivity index (χ1n) is 17.3. The summed E-state index contributed by atoms with van der Waals surface area (Å²) in [5.74, 6) is 0. The molecule has 0 amide bonds. The highest BCUT2D eigenvalue weighted by Crippen LogP contribution is 2.69. The van der Waals surface area contributed by atoms with Gasteiger partial charge in [0, 0.05) is 54.1 Å². The molecule has 6 heteroatoms. The molecular formula is C40H44N6. The van der Waals surface area contributed by atoms with Crippen LogP contribution in [0.3, 0.4) is 0 Å². The predicted octanol–water partition coefficient (Wildman–Crippen LogP) is 6.00. The fraction of sp³-hybridized carbons (Fsp3) is 0.400. The molecule has 0 radical (unpaired) electrons. The van der Waals surface area contributed by atoms with Crippen molar-refractivity contribution in [3.8, 4) is 0 Å². The van der Waals surface area contributed by atoms with Crippen molar-refractivity contribution < 1.29 is 0 Å². The van der Waals surface area contributed by atoms with Gasteiger partial charge in [-0.15, -0.1) is 0 Å². The van der Waals surface area contributed by atoms with Crippen LogP contribution in [0.1, 0.15) is 47.1 Å². The molecular weight excluding hydrogens is 564 g/mol. The number of hydrogen-bond donors (Lipinski definition) is 2. The summed E-state index contributed by atoms with van der Waals surface area (Å²) in [6, 6.07) is 37.0. The van der Waals surface area contributed by atoms with E-state index in [1.807, 2.05) is 0 Å². The smallest absolute Gasteiger partial charge is 0.0933 e. The number of hydrogen-bond acceptors (Lipinski definition) is 6. The minimum Gasteiger partial charge on any atom is -0.368 e. The molecule has 6 atom stereocenters. The molecule has 6 heterocycles. The number of anilines is 3. The van der Waals surface area contributed by atoms with E-state index in [-0.39, 0.29) is 34.7 Å². The van der Waals surface area contributed by atoms with Gasteiger partial charge in [-0.05, 0) is 80.4 Å². The van der Waals surface area contributed by atoms with Crippen LogP contribution in [0, 0.1) is 0 Å².